The van der Waals surface area contributed by atoms with Gasteiger partial charge in [-0.2, -0.15) is 0 Å². The zero-order valence-electron chi connectivity index (χ0n) is 13.2. The molecule has 2 amide bonds. The molecular weight excluding hydrogens is 292 g/mol. The number of carbonyl (C=O) groups is 2. The standard InChI is InChI=1S/C17H20N4O2/c1-12(22)21-9-3-4-13(11-21)10-19-17(23)15-7-6-14-5-2-8-18-16(14)20-15/h2,5-8,13H,3-4,9-11H2,1H3,(H,19,23). The van der Waals surface area contributed by atoms with E-state index in [1.807, 2.05) is 23.1 Å². The quantitative estimate of drug-likeness (QED) is 0.934. The van der Waals surface area contributed by atoms with Gasteiger partial charge >= 0.3 is 0 Å². The highest BCUT2D eigenvalue weighted by molar-refractivity contribution is 5.94. The Bertz CT molecular complexity index is 731. The lowest BCUT2D eigenvalue weighted by atomic mass is 9.98. The van der Waals surface area contributed by atoms with Crippen LogP contribution in [0.25, 0.3) is 11.0 Å². The Kier molecular flexibility index (Phi) is 4.50. The number of nitrogens with one attached hydrogen (secondary N) is 1. The van der Waals surface area contributed by atoms with Crippen molar-refractivity contribution in [3.63, 3.8) is 0 Å². The molecule has 0 radical (unpaired) electrons. The van der Waals surface area contributed by atoms with E-state index in [0.29, 0.717) is 30.3 Å². The number of aromatic nitrogens is 2. The second-order valence-corrected chi connectivity index (χ2v) is 5.93. The third-order valence-corrected chi connectivity index (χ3v) is 4.21. The van der Waals surface area contributed by atoms with E-state index in [1.54, 1.807) is 19.2 Å². The molecule has 0 spiro atoms. The number of amides is 2. The van der Waals surface area contributed by atoms with Gasteiger partial charge in [0.05, 0.1) is 0 Å². The molecule has 0 aliphatic carbocycles. The number of piperidine rings is 1. The van der Waals surface area contributed by atoms with Crippen molar-refractivity contribution in [3.05, 3.63) is 36.2 Å². The zero-order chi connectivity index (χ0) is 16.2. The van der Waals surface area contributed by atoms with Crippen LogP contribution in [0.1, 0.15) is 30.3 Å². The van der Waals surface area contributed by atoms with E-state index < -0.39 is 0 Å². The smallest absolute Gasteiger partial charge is 0.269 e. The van der Waals surface area contributed by atoms with Crippen LogP contribution in [0.5, 0.6) is 0 Å². The maximum Gasteiger partial charge on any atom is 0.269 e. The molecule has 3 heterocycles. The minimum absolute atomic E-state index is 0.100. The van der Waals surface area contributed by atoms with E-state index >= 15 is 0 Å². The molecule has 2 aromatic rings. The fourth-order valence-corrected chi connectivity index (χ4v) is 2.92. The van der Waals surface area contributed by atoms with Gasteiger partial charge in [-0.1, -0.05) is 0 Å². The van der Waals surface area contributed by atoms with Crippen molar-refractivity contribution in [1.82, 2.24) is 20.2 Å². The van der Waals surface area contributed by atoms with Crippen LogP contribution in [0.4, 0.5) is 0 Å². The summed E-state index contributed by atoms with van der Waals surface area (Å²) in [5, 5.41) is 3.84. The molecule has 6 nitrogen and oxygen atoms in total. The van der Waals surface area contributed by atoms with Gasteiger partial charge in [-0.25, -0.2) is 9.97 Å². The van der Waals surface area contributed by atoms with Crippen LogP contribution in [0.15, 0.2) is 30.5 Å². The number of fused-ring (bicyclic) bond motifs is 1. The summed E-state index contributed by atoms with van der Waals surface area (Å²) in [6, 6.07) is 7.31. The number of nitrogens with zero attached hydrogens (tertiary/aromatic N) is 3. The predicted octanol–water partition coefficient (Wildman–Crippen LogP) is 1.62. The number of hydrogen-bond donors (Lipinski definition) is 1. The van der Waals surface area contributed by atoms with Crippen molar-refractivity contribution < 1.29 is 9.59 Å². The van der Waals surface area contributed by atoms with Crippen molar-refractivity contribution in [2.24, 2.45) is 5.92 Å². The van der Waals surface area contributed by atoms with Gasteiger partial charge in [0.1, 0.15) is 5.69 Å². The summed E-state index contributed by atoms with van der Waals surface area (Å²) in [4.78, 5) is 34.0. The molecule has 1 aliphatic rings. The summed E-state index contributed by atoms with van der Waals surface area (Å²) in [6.45, 7) is 3.68. The average Bonchev–Trinajstić information content (AvgIpc) is 2.59. The van der Waals surface area contributed by atoms with Crippen molar-refractivity contribution in [2.75, 3.05) is 19.6 Å². The molecule has 0 bridgehead atoms. The molecule has 1 aliphatic heterocycles. The highest BCUT2D eigenvalue weighted by atomic mass is 16.2. The average molecular weight is 312 g/mol. The second kappa shape index (κ2) is 6.73. The first-order valence-corrected chi connectivity index (χ1v) is 7.89. The summed E-state index contributed by atoms with van der Waals surface area (Å²) < 4.78 is 0. The zero-order valence-corrected chi connectivity index (χ0v) is 13.2. The molecule has 1 fully saturated rings. The molecular formula is C17H20N4O2. The Balaban J connectivity index is 1.61. The van der Waals surface area contributed by atoms with Crippen molar-refractivity contribution >= 4 is 22.8 Å². The summed E-state index contributed by atoms with van der Waals surface area (Å²) >= 11 is 0. The monoisotopic (exact) mass is 312 g/mol. The summed E-state index contributed by atoms with van der Waals surface area (Å²) in [6.07, 6.45) is 3.67. The molecule has 1 saturated heterocycles. The number of hydrogen-bond acceptors (Lipinski definition) is 4. The minimum atomic E-state index is -0.197. The third-order valence-electron chi connectivity index (χ3n) is 4.21. The maximum atomic E-state index is 12.3. The van der Waals surface area contributed by atoms with Crippen LogP contribution in [-0.4, -0.2) is 46.3 Å². The molecule has 6 heteroatoms. The van der Waals surface area contributed by atoms with E-state index in [-0.39, 0.29) is 11.8 Å². The first-order valence-electron chi connectivity index (χ1n) is 7.89. The lowest BCUT2D eigenvalue weighted by molar-refractivity contribution is -0.130. The minimum Gasteiger partial charge on any atom is -0.350 e. The van der Waals surface area contributed by atoms with E-state index in [0.717, 1.165) is 24.8 Å². The van der Waals surface area contributed by atoms with Crippen molar-refractivity contribution in [2.45, 2.75) is 19.8 Å². The molecule has 1 N–H and O–H groups in total. The highest BCUT2D eigenvalue weighted by Gasteiger charge is 2.22. The van der Waals surface area contributed by atoms with Crippen LogP contribution in [-0.2, 0) is 4.79 Å². The van der Waals surface area contributed by atoms with E-state index in [4.69, 9.17) is 0 Å². The SMILES string of the molecule is CC(=O)N1CCCC(CNC(=O)c2ccc3cccnc3n2)C1. The lowest BCUT2D eigenvalue weighted by Crippen LogP contribution is -2.42. The van der Waals surface area contributed by atoms with Gasteiger partial charge in [0.2, 0.25) is 5.91 Å². The van der Waals surface area contributed by atoms with Gasteiger partial charge in [-0.3, -0.25) is 9.59 Å². The molecule has 1 atom stereocenters. The van der Waals surface area contributed by atoms with Gasteiger partial charge in [0.25, 0.3) is 5.91 Å². The lowest BCUT2D eigenvalue weighted by Gasteiger charge is -2.32. The number of pyridine rings is 2. The molecule has 0 aromatic carbocycles. The van der Waals surface area contributed by atoms with Crippen LogP contribution in [0, 0.1) is 5.92 Å². The molecule has 2 aromatic heterocycles. The molecule has 1 unspecified atom stereocenters. The molecule has 23 heavy (non-hydrogen) atoms. The fraction of sp³-hybridized carbons (Fsp3) is 0.412. The van der Waals surface area contributed by atoms with E-state index in [2.05, 4.69) is 15.3 Å². The molecule has 3 rings (SSSR count). The predicted molar refractivity (Wildman–Crippen MR) is 86.8 cm³/mol. The Labute approximate surface area is 134 Å². The molecule has 120 valence electrons. The Hall–Kier alpha value is -2.50. The van der Waals surface area contributed by atoms with Crippen molar-refractivity contribution in [1.29, 1.82) is 0 Å². The maximum absolute atomic E-state index is 12.3. The van der Waals surface area contributed by atoms with Gasteiger partial charge in [0.15, 0.2) is 5.65 Å². The van der Waals surface area contributed by atoms with Crippen LogP contribution in [0.2, 0.25) is 0 Å². The van der Waals surface area contributed by atoms with Gasteiger partial charge in [-0.05, 0) is 43.0 Å². The third kappa shape index (κ3) is 3.64. The number of carbonyl (C=O) groups excluding carboxylic acids is 2. The normalized spacial score (nSPS) is 18.0. The van der Waals surface area contributed by atoms with E-state index in [1.165, 1.54) is 0 Å². The van der Waals surface area contributed by atoms with Gasteiger partial charge in [-0.15, -0.1) is 0 Å². The molecule has 0 saturated carbocycles. The Morgan fingerprint density at radius 2 is 2.22 bits per heavy atom. The van der Waals surface area contributed by atoms with Gasteiger partial charge < -0.3 is 10.2 Å². The van der Waals surface area contributed by atoms with Gasteiger partial charge in [0, 0.05) is 38.1 Å². The van der Waals surface area contributed by atoms with Crippen LogP contribution in [0.3, 0.4) is 0 Å². The summed E-state index contributed by atoms with van der Waals surface area (Å²) in [5.74, 6) is 0.205. The van der Waals surface area contributed by atoms with E-state index in [9.17, 15) is 9.59 Å². The number of rotatable bonds is 3. The highest BCUT2D eigenvalue weighted by Crippen LogP contribution is 2.16. The topological polar surface area (TPSA) is 75.2 Å². The number of likely N-dealkylation sites (tertiary alicyclic amines) is 1. The largest absolute Gasteiger partial charge is 0.350 e. The van der Waals surface area contributed by atoms with Crippen LogP contribution < -0.4 is 5.32 Å². The second-order valence-electron chi connectivity index (χ2n) is 5.93. The Morgan fingerprint density at radius 3 is 3.04 bits per heavy atom. The Morgan fingerprint density at radius 1 is 1.35 bits per heavy atom. The summed E-state index contributed by atoms with van der Waals surface area (Å²) in [5.41, 5.74) is 0.941. The van der Waals surface area contributed by atoms with Crippen LogP contribution >= 0.6 is 0 Å². The first-order chi connectivity index (χ1) is 11.1. The first kappa shape index (κ1) is 15.4. The van der Waals surface area contributed by atoms with Crippen molar-refractivity contribution in [3.8, 4) is 0 Å². The fourth-order valence-electron chi connectivity index (χ4n) is 2.92. The summed E-state index contributed by atoms with van der Waals surface area (Å²) in [7, 11) is 0.